The van der Waals surface area contributed by atoms with E-state index in [0.717, 1.165) is 40.9 Å². The molecule has 0 N–H and O–H groups in total. The van der Waals surface area contributed by atoms with E-state index in [4.69, 9.17) is 4.98 Å². The van der Waals surface area contributed by atoms with E-state index < -0.39 is 0 Å². The molecular weight excluding hydrogens is 462 g/mol. The summed E-state index contributed by atoms with van der Waals surface area (Å²) in [4.78, 5) is 22.0. The lowest BCUT2D eigenvalue weighted by atomic mass is 10.3. The minimum Gasteiger partial charge on any atom is -0.302 e. The van der Waals surface area contributed by atoms with Crippen LogP contribution in [0.3, 0.4) is 0 Å². The first-order valence-corrected chi connectivity index (χ1v) is 10.8. The number of hydrogen-bond acceptors (Lipinski definition) is 5. The van der Waals surface area contributed by atoms with Crippen molar-refractivity contribution in [1.29, 1.82) is 0 Å². The largest absolute Gasteiger partial charge is 0.302 e. The maximum atomic E-state index is 13.2. The van der Waals surface area contributed by atoms with E-state index in [-0.39, 0.29) is 18.3 Å². The van der Waals surface area contributed by atoms with Crippen LogP contribution in [0.5, 0.6) is 0 Å². The number of carbonyl (C=O) groups is 1. The highest BCUT2D eigenvalue weighted by Gasteiger charge is 2.23. The highest BCUT2D eigenvalue weighted by atomic mass is 79.9. The zero-order valence-electron chi connectivity index (χ0n) is 16.3. The summed E-state index contributed by atoms with van der Waals surface area (Å²) in [5, 5.41) is 5.11. The second-order valence-electron chi connectivity index (χ2n) is 6.15. The number of hydrogen-bond donors (Lipinski definition) is 0. The monoisotopic (exact) mass is 485 g/mol. The molecule has 3 aromatic rings. The highest BCUT2D eigenvalue weighted by molar-refractivity contribution is 9.10. The van der Waals surface area contributed by atoms with Crippen LogP contribution in [0.2, 0.25) is 0 Å². The van der Waals surface area contributed by atoms with Gasteiger partial charge in [-0.15, -0.1) is 12.4 Å². The second kappa shape index (κ2) is 10.3. The molecule has 0 spiro atoms. The van der Waals surface area contributed by atoms with Gasteiger partial charge in [-0.2, -0.15) is 5.10 Å². The van der Waals surface area contributed by atoms with Crippen molar-refractivity contribution >= 4 is 60.9 Å². The molecule has 9 heteroatoms. The fraction of sp³-hybridized carbons (Fsp3) is 0.421. The summed E-state index contributed by atoms with van der Waals surface area (Å²) in [6.07, 6.45) is 1.84. The maximum absolute atomic E-state index is 13.2. The van der Waals surface area contributed by atoms with E-state index in [0.29, 0.717) is 17.4 Å². The molecule has 0 aliphatic carbocycles. The first-order chi connectivity index (χ1) is 13.0. The molecule has 0 fully saturated rings. The van der Waals surface area contributed by atoms with Crippen LogP contribution in [0.25, 0.3) is 10.2 Å². The Bertz CT molecular complexity index is 924. The van der Waals surface area contributed by atoms with Gasteiger partial charge in [-0.25, -0.2) is 4.98 Å². The Hall–Kier alpha value is -1.48. The van der Waals surface area contributed by atoms with Gasteiger partial charge in [0.1, 0.15) is 0 Å². The molecule has 3 rings (SSSR count). The zero-order valence-corrected chi connectivity index (χ0v) is 19.5. The van der Waals surface area contributed by atoms with Gasteiger partial charge in [0.05, 0.1) is 10.2 Å². The Morgan fingerprint density at radius 3 is 2.57 bits per heavy atom. The zero-order chi connectivity index (χ0) is 19.4. The minimum absolute atomic E-state index is 0. The van der Waals surface area contributed by atoms with Gasteiger partial charge in [-0.3, -0.25) is 14.4 Å². The fourth-order valence-electron chi connectivity index (χ4n) is 2.86. The van der Waals surface area contributed by atoms with Crippen molar-refractivity contribution < 1.29 is 4.79 Å². The van der Waals surface area contributed by atoms with Crippen molar-refractivity contribution in [2.24, 2.45) is 0 Å². The lowest BCUT2D eigenvalue weighted by molar-refractivity contribution is 0.0978. The lowest BCUT2D eigenvalue weighted by Gasteiger charge is -2.24. The molecule has 2 aromatic heterocycles. The molecule has 152 valence electrons. The molecule has 2 heterocycles. The molecule has 0 aliphatic rings. The third-order valence-corrected chi connectivity index (χ3v) is 6.07. The topological polar surface area (TPSA) is 54.3 Å². The van der Waals surface area contributed by atoms with E-state index in [1.165, 1.54) is 11.3 Å². The van der Waals surface area contributed by atoms with Gasteiger partial charge in [0.15, 0.2) is 10.8 Å². The summed E-state index contributed by atoms with van der Waals surface area (Å²) < 4.78 is 3.83. The number of anilines is 1. The van der Waals surface area contributed by atoms with Gasteiger partial charge >= 0.3 is 0 Å². The van der Waals surface area contributed by atoms with Gasteiger partial charge in [0.25, 0.3) is 5.91 Å². The van der Waals surface area contributed by atoms with Gasteiger partial charge in [-0.05, 0) is 44.3 Å². The van der Waals surface area contributed by atoms with E-state index in [9.17, 15) is 4.79 Å². The van der Waals surface area contributed by atoms with Crippen molar-refractivity contribution in [3.05, 3.63) is 40.6 Å². The third kappa shape index (κ3) is 5.11. The summed E-state index contributed by atoms with van der Waals surface area (Å²) in [7, 11) is 0. The molecule has 6 nitrogen and oxygen atoms in total. The fourth-order valence-corrected chi connectivity index (χ4v) is 4.40. The van der Waals surface area contributed by atoms with Gasteiger partial charge < -0.3 is 4.90 Å². The minimum atomic E-state index is -0.104. The number of carbonyl (C=O) groups excluding carboxylic acids is 1. The molecule has 0 saturated heterocycles. The number of nitrogens with zero attached hydrogens (tertiary/aromatic N) is 5. The summed E-state index contributed by atoms with van der Waals surface area (Å²) >= 11 is 5.04. The predicted molar refractivity (Wildman–Crippen MR) is 122 cm³/mol. The van der Waals surface area contributed by atoms with E-state index in [2.05, 4.69) is 39.8 Å². The Morgan fingerprint density at radius 2 is 1.93 bits per heavy atom. The van der Waals surface area contributed by atoms with Gasteiger partial charge in [0.2, 0.25) is 0 Å². The van der Waals surface area contributed by atoms with Crippen LogP contribution in [-0.2, 0) is 6.54 Å². The number of halogens is 2. The van der Waals surface area contributed by atoms with Crippen molar-refractivity contribution in [3.8, 4) is 0 Å². The maximum Gasteiger partial charge on any atom is 0.280 e. The van der Waals surface area contributed by atoms with Gasteiger partial charge in [0, 0.05) is 30.3 Å². The number of amides is 1. The summed E-state index contributed by atoms with van der Waals surface area (Å²) in [6, 6.07) is 7.75. The number of likely N-dealkylation sites (N-methyl/N-ethyl adjacent to an activating group) is 1. The van der Waals surface area contributed by atoms with Crippen LogP contribution in [0.1, 0.15) is 31.3 Å². The Morgan fingerprint density at radius 1 is 1.18 bits per heavy atom. The molecule has 1 aromatic carbocycles. The lowest BCUT2D eigenvalue weighted by Crippen LogP contribution is -2.39. The first kappa shape index (κ1) is 22.8. The molecule has 0 unspecified atom stereocenters. The van der Waals surface area contributed by atoms with Crippen molar-refractivity contribution in [3.63, 3.8) is 0 Å². The van der Waals surface area contributed by atoms with Crippen LogP contribution >= 0.6 is 39.7 Å². The quantitative estimate of drug-likeness (QED) is 0.464. The number of aromatic nitrogens is 3. The molecule has 0 radical (unpaired) electrons. The molecule has 1 amide bonds. The Balaban J connectivity index is 0.00000280. The van der Waals surface area contributed by atoms with Crippen LogP contribution in [0.15, 0.2) is 34.9 Å². The van der Waals surface area contributed by atoms with E-state index in [1.54, 1.807) is 15.6 Å². The van der Waals surface area contributed by atoms with Crippen LogP contribution < -0.4 is 4.90 Å². The normalized spacial score (nSPS) is 11.0. The smallest absolute Gasteiger partial charge is 0.280 e. The van der Waals surface area contributed by atoms with E-state index in [1.807, 2.05) is 31.3 Å². The Labute approximate surface area is 184 Å². The van der Waals surface area contributed by atoms with Crippen molar-refractivity contribution in [2.75, 3.05) is 31.1 Å². The summed E-state index contributed by atoms with van der Waals surface area (Å²) in [5.74, 6) is -0.104. The van der Waals surface area contributed by atoms with E-state index >= 15 is 0 Å². The number of benzene rings is 1. The third-order valence-electron chi connectivity index (χ3n) is 4.53. The standard InChI is InChI=1S/C19H24BrN5OS.ClH/c1-4-23(5-2)11-12-25(18(26)16-9-10-24(6-3)22-16)19-21-15-8-7-14(20)13-17(15)27-19;/h7-10,13H,4-6,11-12H2,1-3H3;1H. The Kier molecular flexibility index (Phi) is 8.42. The number of aryl methyl sites for hydroxylation is 1. The second-order valence-corrected chi connectivity index (χ2v) is 8.07. The van der Waals surface area contributed by atoms with Crippen LogP contribution in [0.4, 0.5) is 5.13 Å². The SMILES string of the molecule is CCN(CC)CCN(C(=O)c1ccn(CC)n1)c1nc2ccc(Br)cc2s1.Cl. The molecular formula is C19H25BrClN5OS. The highest BCUT2D eigenvalue weighted by Crippen LogP contribution is 2.31. The van der Waals surface area contributed by atoms with Crippen molar-refractivity contribution in [1.82, 2.24) is 19.7 Å². The van der Waals surface area contributed by atoms with Crippen molar-refractivity contribution in [2.45, 2.75) is 27.3 Å². The average molecular weight is 487 g/mol. The van der Waals surface area contributed by atoms with Crippen LogP contribution in [-0.4, -0.2) is 51.8 Å². The molecule has 0 bridgehead atoms. The van der Waals surface area contributed by atoms with Crippen LogP contribution in [0, 0.1) is 0 Å². The molecule has 0 atom stereocenters. The summed E-state index contributed by atoms with van der Waals surface area (Å²) in [6.45, 7) is 10.3. The average Bonchev–Trinajstić information content (AvgIpc) is 3.31. The van der Waals surface area contributed by atoms with Gasteiger partial charge in [-0.1, -0.05) is 41.1 Å². The number of thiazole rings is 1. The predicted octanol–water partition coefficient (Wildman–Crippen LogP) is 4.69. The summed E-state index contributed by atoms with van der Waals surface area (Å²) in [5.41, 5.74) is 1.36. The number of rotatable bonds is 8. The molecule has 0 aliphatic heterocycles. The first-order valence-electron chi connectivity index (χ1n) is 9.19. The number of fused-ring (bicyclic) bond motifs is 1. The molecule has 0 saturated carbocycles. The molecule has 28 heavy (non-hydrogen) atoms.